The number of nitrogens with two attached hydrogens (primary N) is 1. The van der Waals surface area contributed by atoms with Crippen molar-refractivity contribution in [3.05, 3.63) is 0 Å². The Hall–Kier alpha value is -0.590. The Morgan fingerprint density at radius 2 is 2.00 bits per heavy atom. The van der Waals surface area contributed by atoms with Gasteiger partial charge in [0.25, 0.3) is 0 Å². The van der Waals surface area contributed by atoms with Crippen molar-refractivity contribution in [2.75, 3.05) is 6.54 Å². The van der Waals surface area contributed by atoms with E-state index in [9.17, 15) is 0 Å². The van der Waals surface area contributed by atoms with Crippen molar-refractivity contribution in [1.29, 1.82) is 5.26 Å². The average Bonchev–Trinajstić information content (AvgIpc) is 2.09. The molecular formula is C9H17N3. The fourth-order valence-corrected chi connectivity index (χ4v) is 1.66. The standard InChI is InChI=1S/C9H17N3/c10-6-1-7-12-9-4-2-8(11)3-5-9/h8-9,12H,1-5,7,11H2. The van der Waals surface area contributed by atoms with Crippen molar-refractivity contribution in [2.24, 2.45) is 5.73 Å². The van der Waals surface area contributed by atoms with E-state index in [0.717, 1.165) is 19.4 Å². The molecule has 3 N–H and O–H groups in total. The lowest BCUT2D eigenvalue weighted by molar-refractivity contribution is 0.345. The van der Waals surface area contributed by atoms with Crippen molar-refractivity contribution >= 4 is 0 Å². The van der Waals surface area contributed by atoms with Gasteiger partial charge in [-0.15, -0.1) is 0 Å². The third kappa shape index (κ3) is 3.21. The number of rotatable bonds is 3. The van der Waals surface area contributed by atoms with Crippen LogP contribution in [0, 0.1) is 11.3 Å². The number of nitriles is 1. The molecule has 68 valence electrons. The molecule has 0 aromatic heterocycles. The second-order valence-electron chi connectivity index (χ2n) is 3.47. The Bertz CT molecular complexity index is 154. The number of nitrogens with one attached hydrogen (secondary N) is 1. The highest BCUT2D eigenvalue weighted by Gasteiger charge is 2.17. The summed E-state index contributed by atoms with van der Waals surface area (Å²) in [6.45, 7) is 0.830. The summed E-state index contributed by atoms with van der Waals surface area (Å²) in [6.07, 6.45) is 5.22. The Kier molecular flexibility index (Phi) is 4.06. The smallest absolute Gasteiger partial charge is 0.0635 e. The summed E-state index contributed by atoms with van der Waals surface area (Å²) in [4.78, 5) is 0. The van der Waals surface area contributed by atoms with Crippen LogP contribution in [-0.2, 0) is 0 Å². The summed E-state index contributed by atoms with van der Waals surface area (Å²) in [5.74, 6) is 0. The van der Waals surface area contributed by atoms with Crippen molar-refractivity contribution in [3.63, 3.8) is 0 Å². The second-order valence-corrected chi connectivity index (χ2v) is 3.47. The van der Waals surface area contributed by atoms with E-state index in [1.807, 2.05) is 0 Å². The van der Waals surface area contributed by atoms with Gasteiger partial charge in [0.05, 0.1) is 6.07 Å². The molecule has 1 rings (SSSR count). The Labute approximate surface area is 73.9 Å². The fraction of sp³-hybridized carbons (Fsp3) is 0.889. The van der Waals surface area contributed by atoms with Gasteiger partial charge in [0.2, 0.25) is 0 Å². The molecule has 0 amide bonds. The molecule has 3 heteroatoms. The quantitative estimate of drug-likeness (QED) is 0.610. The summed E-state index contributed by atoms with van der Waals surface area (Å²) in [6, 6.07) is 3.15. The van der Waals surface area contributed by atoms with Crippen LogP contribution in [0.25, 0.3) is 0 Å². The molecular weight excluding hydrogens is 150 g/mol. The highest BCUT2D eigenvalue weighted by Crippen LogP contribution is 2.16. The Balaban J connectivity index is 2.06. The molecule has 0 bridgehead atoms. The largest absolute Gasteiger partial charge is 0.328 e. The van der Waals surface area contributed by atoms with Crippen LogP contribution in [0.2, 0.25) is 0 Å². The highest BCUT2D eigenvalue weighted by atomic mass is 14.9. The molecule has 1 saturated carbocycles. The second kappa shape index (κ2) is 5.13. The highest BCUT2D eigenvalue weighted by molar-refractivity contribution is 4.80. The summed E-state index contributed by atoms with van der Waals surface area (Å²) < 4.78 is 0. The molecule has 0 heterocycles. The van der Waals surface area contributed by atoms with Crippen molar-refractivity contribution < 1.29 is 0 Å². The van der Waals surface area contributed by atoms with Gasteiger partial charge in [0.15, 0.2) is 0 Å². The molecule has 0 aromatic carbocycles. The first-order valence-corrected chi connectivity index (χ1v) is 4.69. The maximum absolute atomic E-state index is 8.33. The van der Waals surface area contributed by atoms with Crippen LogP contribution in [0.3, 0.4) is 0 Å². The van der Waals surface area contributed by atoms with E-state index in [2.05, 4.69) is 11.4 Å². The summed E-state index contributed by atoms with van der Waals surface area (Å²) in [5.41, 5.74) is 5.77. The predicted molar refractivity (Wildman–Crippen MR) is 48.5 cm³/mol. The molecule has 0 atom stereocenters. The molecule has 0 unspecified atom stereocenters. The van der Waals surface area contributed by atoms with E-state index in [4.69, 9.17) is 11.0 Å². The normalized spacial score (nSPS) is 29.7. The molecule has 0 aliphatic heterocycles. The van der Waals surface area contributed by atoms with E-state index in [1.54, 1.807) is 0 Å². The number of nitrogens with zero attached hydrogens (tertiary/aromatic N) is 1. The van der Waals surface area contributed by atoms with Gasteiger partial charge in [0.1, 0.15) is 0 Å². The van der Waals surface area contributed by atoms with Crippen LogP contribution < -0.4 is 11.1 Å². The SMILES string of the molecule is N#CCCNC1CCC(N)CC1. The lowest BCUT2D eigenvalue weighted by Crippen LogP contribution is -2.37. The van der Waals surface area contributed by atoms with E-state index in [0.29, 0.717) is 18.5 Å². The van der Waals surface area contributed by atoms with Gasteiger partial charge in [-0.3, -0.25) is 0 Å². The van der Waals surface area contributed by atoms with Crippen molar-refractivity contribution in [1.82, 2.24) is 5.32 Å². The first-order chi connectivity index (χ1) is 5.83. The van der Waals surface area contributed by atoms with Crippen LogP contribution in [-0.4, -0.2) is 18.6 Å². The maximum Gasteiger partial charge on any atom is 0.0635 e. The lowest BCUT2D eigenvalue weighted by Gasteiger charge is -2.26. The maximum atomic E-state index is 8.33. The monoisotopic (exact) mass is 167 g/mol. The number of hydrogen-bond donors (Lipinski definition) is 2. The summed E-state index contributed by atoms with van der Waals surface area (Å²) in [7, 11) is 0. The molecule has 0 spiro atoms. The Morgan fingerprint density at radius 3 is 2.58 bits per heavy atom. The van der Waals surface area contributed by atoms with Crippen molar-refractivity contribution in [2.45, 2.75) is 44.2 Å². The predicted octanol–water partition coefficient (Wildman–Crippen LogP) is 0.760. The van der Waals surface area contributed by atoms with Gasteiger partial charge in [-0.1, -0.05) is 0 Å². The molecule has 12 heavy (non-hydrogen) atoms. The van der Waals surface area contributed by atoms with E-state index in [1.165, 1.54) is 12.8 Å². The average molecular weight is 167 g/mol. The molecule has 0 radical (unpaired) electrons. The van der Waals surface area contributed by atoms with Gasteiger partial charge in [0, 0.05) is 25.0 Å². The van der Waals surface area contributed by atoms with Gasteiger partial charge < -0.3 is 11.1 Å². The minimum atomic E-state index is 0.416. The topological polar surface area (TPSA) is 61.8 Å². The molecule has 0 aromatic rings. The molecule has 1 aliphatic carbocycles. The van der Waals surface area contributed by atoms with E-state index < -0.39 is 0 Å². The van der Waals surface area contributed by atoms with Gasteiger partial charge in [-0.2, -0.15) is 5.26 Å². The summed E-state index contributed by atoms with van der Waals surface area (Å²) >= 11 is 0. The summed E-state index contributed by atoms with van der Waals surface area (Å²) in [5, 5.41) is 11.7. The van der Waals surface area contributed by atoms with Crippen molar-refractivity contribution in [3.8, 4) is 6.07 Å². The zero-order valence-electron chi connectivity index (χ0n) is 7.42. The molecule has 0 saturated heterocycles. The first-order valence-electron chi connectivity index (χ1n) is 4.69. The molecule has 3 nitrogen and oxygen atoms in total. The van der Waals surface area contributed by atoms with Crippen LogP contribution in [0.1, 0.15) is 32.1 Å². The minimum Gasteiger partial charge on any atom is -0.328 e. The van der Waals surface area contributed by atoms with Gasteiger partial charge in [-0.05, 0) is 25.7 Å². The first kappa shape index (κ1) is 9.50. The van der Waals surface area contributed by atoms with Gasteiger partial charge >= 0.3 is 0 Å². The third-order valence-electron chi connectivity index (χ3n) is 2.44. The minimum absolute atomic E-state index is 0.416. The Morgan fingerprint density at radius 1 is 1.33 bits per heavy atom. The zero-order chi connectivity index (χ0) is 8.81. The fourth-order valence-electron chi connectivity index (χ4n) is 1.66. The number of hydrogen-bond acceptors (Lipinski definition) is 3. The molecule has 1 fully saturated rings. The van der Waals surface area contributed by atoms with E-state index >= 15 is 0 Å². The molecule has 1 aliphatic rings. The van der Waals surface area contributed by atoms with Crippen LogP contribution >= 0.6 is 0 Å². The van der Waals surface area contributed by atoms with E-state index in [-0.39, 0.29) is 0 Å². The third-order valence-corrected chi connectivity index (χ3v) is 2.44. The van der Waals surface area contributed by atoms with Crippen LogP contribution in [0.5, 0.6) is 0 Å². The van der Waals surface area contributed by atoms with Gasteiger partial charge in [-0.25, -0.2) is 0 Å². The van der Waals surface area contributed by atoms with Crippen LogP contribution in [0.15, 0.2) is 0 Å². The zero-order valence-corrected chi connectivity index (χ0v) is 7.42. The van der Waals surface area contributed by atoms with Crippen LogP contribution in [0.4, 0.5) is 0 Å². The lowest BCUT2D eigenvalue weighted by atomic mass is 9.92.